The average molecular weight is 304 g/mol. The van der Waals surface area contributed by atoms with E-state index in [0.717, 1.165) is 12.8 Å². The van der Waals surface area contributed by atoms with Crippen LogP contribution >= 0.6 is 11.6 Å². The number of piperidine rings is 1. The number of sulfonamides is 1. The zero-order valence-electron chi connectivity index (χ0n) is 11.1. The number of methoxy groups -OCH3 is 1. The molecule has 1 aromatic carbocycles. The molecule has 1 aromatic rings. The van der Waals surface area contributed by atoms with Gasteiger partial charge in [-0.15, -0.1) is 0 Å². The number of nitrogens with zero attached hydrogens (tertiary/aromatic N) is 1. The highest BCUT2D eigenvalue weighted by molar-refractivity contribution is 7.89. The fourth-order valence-electron chi connectivity index (χ4n) is 2.36. The molecule has 0 spiro atoms. The standard InChI is InChI=1S/C13H18ClNO3S/c1-10-4-3-7-15(9-10)19(16,17)13-8-11(14)5-6-12(13)18-2/h5-6,8,10H,3-4,7,9H2,1-2H3/t10-/m1/s1. The van der Waals surface area contributed by atoms with E-state index in [1.54, 1.807) is 12.1 Å². The number of hydrogen-bond donors (Lipinski definition) is 0. The van der Waals surface area contributed by atoms with Crippen LogP contribution in [0.4, 0.5) is 0 Å². The highest BCUT2D eigenvalue weighted by atomic mass is 35.5. The van der Waals surface area contributed by atoms with Crippen molar-refractivity contribution < 1.29 is 13.2 Å². The summed E-state index contributed by atoms with van der Waals surface area (Å²) in [6, 6.07) is 4.66. The topological polar surface area (TPSA) is 46.6 Å². The average Bonchev–Trinajstić information content (AvgIpc) is 2.38. The number of ether oxygens (including phenoxy) is 1. The summed E-state index contributed by atoms with van der Waals surface area (Å²) < 4.78 is 32.0. The van der Waals surface area contributed by atoms with Crippen LogP contribution in [0, 0.1) is 5.92 Å². The SMILES string of the molecule is COc1ccc(Cl)cc1S(=O)(=O)N1CCC[C@@H](C)C1. The van der Waals surface area contributed by atoms with Gasteiger partial charge in [0.2, 0.25) is 10.0 Å². The van der Waals surface area contributed by atoms with Crippen molar-refractivity contribution in [1.82, 2.24) is 4.31 Å². The van der Waals surface area contributed by atoms with Gasteiger partial charge in [-0.2, -0.15) is 4.31 Å². The lowest BCUT2D eigenvalue weighted by Gasteiger charge is -2.30. The normalized spacial score (nSPS) is 21.3. The highest BCUT2D eigenvalue weighted by Crippen LogP contribution is 2.31. The molecule has 6 heteroatoms. The van der Waals surface area contributed by atoms with Crippen LogP contribution in [0.1, 0.15) is 19.8 Å². The van der Waals surface area contributed by atoms with Gasteiger partial charge in [-0.25, -0.2) is 8.42 Å². The Morgan fingerprint density at radius 2 is 2.16 bits per heavy atom. The van der Waals surface area contributed by atoms with Crippen molar-refractivity contribution in [2.45, 2.75) is 24.7 Å². The Kier molecular flexibility index (Phi) is 4.38. The molecule has 1 aliphatic heterocycles. The minimum absolute atomic E-state index is 0.150. The van der Waals surface area contributed by atoms with Crippen LogP contribution in [0.5, 0.6) is 5.75 Å². The summed E-state index contributed by atoms with van der Waals surface area (Å²) in [5.74, 6) is 0.719. The van der Waals surface area contributed by atoms with Crippen molar-refractivity contribution in [3.63, 3.8) is 0 Å². The Morgan fingerprint density at radius 1 is 1.42 bits per heavy atom. The van der Waals surface area contributed by atoms with Crippen LogP contribution in [0.3, 0.4) is 0 Å². The number of benzene rings is 1. The second-order valence-corrected chi connectivity index (χ2v) is 7.25. The number of hydrogen-bond acceptors (Lipinski definition) is 3. The molecule has 106 valence electrons. The summed E-state index contributed by atoms with van der Waals surface area (Å²) in [7, 11) is -2.08. The third-order valence-electron chi connectivity index (χ3n) is 3.36. The van der Waals surface area contributed by atoms with Gasteiger partial charge in [0.1, 0.15) is 10.6 Å². The first kappa shape index (κ1) is 14.6. The molecule has 0 unspecified atom stereocenters. The molecular formula is C13H18ClNO3S. The molecule has 2 rings (SSSR count). The molecule has 19 heavy (non-hydrogen) atoms. The molecule has 4 nitrogen and oxygen atoms in total. The van der Waals surface area contributed by atoms with E-state index >= 15 is 0 Å². The van der Waals surface area contributed by atoms with E-state index in [4.69, 9.17) is 16.3 Å². The number of rotatable bonds is 3. The van der Waals surface area contributed by atoms with Gasteiger partial charge in [0.25, 0.3) is 0 Å². The van der Waals surface area contributed by atoms with E-state index in [1.165, 1.54) is 17.5 Å². The van der Waals surface area contributed by atoms with Gasteiger partial charge in [-0.3, -0.25) is 0 Å². The molecule has 1 saturated heterocycles. The molecule has 1 atom stereocenters. The van der Waals surface area contributed by atoms with Crippen LogP contribution in [0.15, 0.2) is 23.1 Å². The Bertz CT molecular complexity index is 559. The lowest BCUT2D eigenvalue weighted by atomic mass is 10.0. The largest absolute Gasteiger partial charge is 0.495 e. The van der Waals surface area contributed by atoms with Crippen molar-refractivity contribution in [3.05, 3.63) is 23.2 Å². The predicted octanol–water partition coefficient (Wildman–Crippen LogP) is 2.77. The molecular weight excluding hydrogens is 286 g/mol. The maximum absolute atomic E-state index is 12.7. The molecule has 1 fully saturated rings. The van der Waals surface area contributed by atoms with Crippen LogP contribution in [0.25, 0.3) is 0 Å². The fraction of sp³-hybridized carbons (Fsp3) is 0.538. The van der Waals surface area contributed by atoms with Gasteiger partial charge in [0.05, 0.1) is 7.11 Å². The maximum Gasteiger partial charge on any atom is 0.246 e. The third-order valence-corrected chi connectivity index (χ3v) is 5.48. The number of halogens is 1. The Balaban J connectivity index is 2.41. The van der Waals surface area contributed by atoms with E-state index < -0.39 is 10.0 Å². The summed E-state index contributed by atoms with van der Waals surface area (Å²) in [5, 5.41) is 0.393. The molecule has 1 heterocycles. The van der Waals surface area contributed by atoms with Crippen molar-refractivity contribution in [1.29, 1.82) is 0 Å². The van der Waals surface area contributed by atoms with E-state index in [9.17, 15) is 8.42 Å². The third kappa shape index (κ3) is 3.04. The Labute approximate surface area is 119 Å². The monoisotopic (exact) mass is 303 g/mol. The summed E-state index contributed by atoms with van der Waals surface area (Å²) in [5.41, 5.74) is 0. The summed E-state index contributed by atoms with van der Waals surface area (Å²) >= 11 is 5.91. The van der Waals surface area contributed by atoms with Gasteiger partial charge in [-0.05, 0) is 37.0 Å². The van der Waals surface area contributed by atoms with Crippen molar-refractivity contribution >= 4 is 21.6 Å². The van der Waals surface area contributed by atoms with Gasteiger partial charge in [-0.1, -0.05) is 18.5 Å². The van der Waals surface area contributed by atoms with E-state index in [1.807, 2.05) is 0 Å². The van der Waals surface area contributed by atoms with E-state index in [2.05, 4.69) is 6.92 Å². The van der Waals surface area contributed by atoms with Gasteiger partial charge in [0.15, 0.2) is 0 Å². The van der Waals surface area contributed by atoms with Crippen LogP contribution < -0.4 is 4.74 Å². The first-order valence-electron chi connectivity index (χ1n) is 6.29. The Morgan fingerprint density at radius 3 is 2.79 bits per heavy atom. The second kappa shape index (κ2) is 5.69. The molecule has 0 radical (unpaired) electrons. The zero-order chi connectivity index (χ0) is 14.0. The maximum atomic E-state index is 12.7. The summed E-state index contributed by atoms with van der Waals surface area (Å²) in [6.45, 7) is 3.18. The van der Waals surface area contributed by atoms with Crippen LogP contribution in [0.2, 0.25) is 5.02 Å². The quantitative estimate of drug-likeness (QED) is 0.862. The minimum atomic E-state index is -3.54. The van der Waals surface area contributed by atoms with Gasteiger partial charge >= 0.3 is 0 Å². The van der Waals surface area contributed by atoms with E-state index in [-0.39, 0.29) is 4.90 Å². The van der Waals surface area contributed by atoms with Gasteiger partial charge < -0.3 is 4.74 Å². The minimum Gasteiger partial charge on any atom is -0.495 e. The summed E-state index contributed by atoms with van der Waals surface area (Å²) in [6.07, 6.45) is 1.96. The molecule has 1 aliphatic rings. The molecule has 0 aliphatic carbocycles. The van der Waals surface area contributed by atoms with Crippen LogP contribution in [-0.2, 0) is 10.0 Å². The molecule has 0 saturated carbocycles. The van der Waals surface area contributed by atoms with Crippen molar-refractivity contribution in [2.75, 3.05) is 20.2 Å². The smallest absolute Gasteiger partial charge is 0.246 e. The van der Waals surface area contributed by atoms with Crippen molar-refractivity contribution in [2.24, 2.45) is 5.92 Å². The predicted molar refractivity (Wildman–Crippen MR) is 75.2 cm³/mol. The second-order valence-electron chi connectivity index (χ2n) is 4.91. The first-order valence-corrected chi connectivity index (χ1v) is 8.10. The fourth-order valence-corrected chi connectivity index (χ4v) is 4.37. The molecule has 0 aromatic heterocycles. The molecule has 0 N–H and O–H groups in total. The van der Waals surface area contributed by atoms with Gasteiger partial charge in [0, 0.05) is 18.1 Å². The summed E-state index contributed by atoms with van der Waals surface area (Å²) in [4.78, 5) is 0.150. The van der Waals surface area contributed by atoms with E-state index in [0.29, 0.717) is 29.8 Å². The first-order chi connectivity index (χ1) is 8.95. The molecule has 0 amide bonds. The zero-order valence-corrected chi connectivity index (χ0v) is 12.7. The lowest BCUT2D eigenvalue weighted by Crippen LogP contribution is -2.39. The van der Waals surface area contributed by atoms with Crippen LogP contribution in [-0.4, -0.2) is 32.9 Å². The van der Waals surface area contributed by atoms with Crippen molar-refractivity contribution in [3.8, 4) is 5.75 Å². The molecule has 0 bridgehead atoms. The highest BCUT2D eigenvalue weighted by Gasteiger charge is 2.31. The Hall–Kier alpha value is -0.780. The lowest BCUT2D eigenvalue weighted by molar-refractivity contribution is 0.280.